The van der Waals surface area contributed by atoms with Crippen LogP contribution < -0.4 is 15.1 Å². The molecular weight excluding hydrogens is 546 g/mol. The number of thioether (sulfide) groups is 1. The highest BCUT2D eigenvalue weighted by Crippen LogP contribution is 2.53. The van der Waals surface area contributed by atoms with E-state index in [-0.39, 0.29) is 29.1 Å². The first kappa shape index (κ1) is 24.7. The van der Waals surface area contributed by atoms with Crippen molar-refractivity contribution in [3.05, 3.63) is 97.8 Å². The minimum atomic E-state index is -0.791. The number of amides is 3. The maximum Gasteiger partial charge on any atom is 0.308 e. The van der Waals surface area contributed by atoms with Gasteiger partial charge in [0.15, 0.2) is 0 Å². The van der Waals surface area contributed by atoms with Crippen molar-refractivity contribution in [1.82, 2.24) is 4.57 Å². The highest BCUT2D eigenvalue weighted by atomic mass is 35.5. The van der Waals surface area contributed by atoms with E-state index in [0.717, 1.165) is 28.7 Å². The second-order valence-electron chi connectivity index (χ2n) is 9.03. The van der Waals surface area contributed by atoms with Crippen LogP contribution in [-0.2, 0) is 20.9 Å². The number of hydrogen-bond donors (Lipinski definition) is 1. The number of nitrogens with one attached hydrogen (secondary N) is 1. The quantitative estimate of drug-likeness (QED) is 0.345. The average Bonchev–Trinajstić information content (AvgIpc) is 3.59. The summed E-state index contributed by atoms with van der Waals surface area (Å²) in [6.07, 6.45) is 1.50. The molecule has 0 bridgehead atoms. The number of anilines is 2. The normalized spacial score (nSPS) is 20.4. The molecule has 4 aromatic rings. The molecule has 0 saturated carbocycles. The molecule has 4 heterocycles. The van der Waals surface area contributed by atoms with Crippen LogP contribution in [-0.4, -0.2) is 27.5 Å². The van der Waals surface area contributed by atoms with Gasteiger partial charge in [0.2, 0.25) is 17.7 Å². The summed E-state index contributed by atoms with van der Waals surface area (Å²) in [5.41, 5.74) is 1.98. The molecule has 192 valence electrons. The predicted molar refractivity (Wildman–Crippen MR) is 146 cm³/mol. The Kier molecular flexibility index (Phi) is 6.25. The molecular formula is C27H20ClN3O5S2. The smallest absolute Gasteiger partial charge is 0.308 e. The van der Waals surface area contributed by atoms with Crippen molar-refractivity contribution in [2.45, 2.75) is 29.7 Å². The van der Waals surface area contributed by atoms with Crippen LogP contribution in [0.3, 0.4) is 0 Å². The standard InChI is InChI=1S/C27H20ClN3O5S2/c1-14-5-2-3-6-17(14)29-19(32)13-30-26-23(38-27(30)35)20(18-7-4-12-36-18)21-22(37-26)25(34)31(24(21)33)16-10-8-15(28)9-11-16/h2-12,20-22H,13H2,1H3,(H,29,32). The van der Waals surface area contributed by atoms with E-state index in [2.05, 4.69) is 5.32 Å². The van der Waals surface area contributed by atoms with E-state index in [1.54, 1.807) is 42.5 Å². The summed E-state index contributed by atoms with van der Waals surface area (Å²) >= 11 is 8.14. The van der Waals surface area contributed by atoms with Gasteiger partial charge in [0.1, 0.15) is 17.6 Å². The zero-order valence-corrected chi connectivity index (χ0v) is 22.3. The fourth-order valence-electron chi connectivity index (χ4n) is 4.92. The molecule has 2 aromatic carbocycles. The van der Waals surface area contributed by atoms with Gasteiger partial charge in [-0.2, -0.15) is 0 Å². The summed E-state index contributed by atoms with van der Waals surface area (Å²) in [7, 11) is 0. The summed E-state index contributed by atoms with van der Waals surface area (Å²) in [5, 5.41) is 3.05. The van der Waals surface area contributed by atoms with Gasteiger partial charge in [0, 0.05) is 10.7 Å². The van der Waals surface area contributed by atoms with Crippen LogP contribution >= 0.6 is 34.7 Å². The number of furan rings is 1. The first-order chi connectivity index (χ1) is 18.3. The van der Waals surface area contributed by atoms with Crippen molar-refractivity contribution < 1.29 is 18.8 Å². The minimum Gasteiger partial charge on any atom is -0.469 e. The number of aromatic nitrogens is 1. The Bertz CT molecular complexity index is 1630. The number of nitrogens with zero attached hydrogens (tertiary/aromatic N) is 2. The summed E-state index contributed by atoms with van der Waals surface area (Å²) in [4.78, 5) is 54.9. The molecule has 6 rings (SSSR count). The van der Waals surface area contributed by atoms with Gasteiger partial charge in [-0.25, -0.2) is 4.90 Å². The van der Waals surface area contributed by atoms with Crippen molar-refractivity contribution in [3.8, 4) is 0 Å². The van der Waals surface area contributed by atoms with Gasteiger partial charge in [-0.1, -0.05) is 52.9 Å². The number of para-hydroxylation sites is 1. The Hall–Kier alpha value is -3.60. The van der Waals surface area contributed by atoms with E-state index in [1.165, 1.54) is 15.7 Å². The van der Waals surface area contributed by atoms with Gasteiger partial charge in [-0.3, -0.25) is 23.7 Å². The molecule has 1 fully saturated rings. The lowest BCUT2D eigenvalue weighted by Crippen LogP contribution is -2.32. The molecule has 3 unspecified atom stereocenters. The summed E-state index contributed by atoms with van der Waals surface area (Å²) in [6.45, 7) is 1.66. The number of rotatable bonds is 5. The fraction of sp³-hybridized carbons (Fsp3) is 0.185. The van der Waals surface area contributed by atoms with Crippen LogP contribution in [0.1, 0.15) is 22.1 Å². The average molecular weight is 566 g/mol. The highest BCUT2D eigenvalue weighted by molar-refractivity contribution is 8.00. The molecule has 3 atom stereocenters. The van der Waals surface area contributed by atoms with Crippen LogP contribution in [0, 0.1) is 12.8 Å². The van der Waals surface area contributed by atoms with E-state index in [1.807, 2.05) is 25.1 Å². The van der Waals surface area contributed by atoms with Crippen molar-refractivity contribution in [1.29, 1.82) is 0 Å². The molecule has 38 heavy (non-hydrogen) atoms. The third kappa shape index (κ3) is 4.09. The topological polar surface area (TPSA) is 102 Å². The molecule has 1 saturated heterocycles. The molecule has 11 heteroatoms. The monoisotopic (exact) mass is 565 g/mol. The van der Waals surface area contributed by atoms with E-state index in [4.69, 9.17) is 16.0 Å². The number of imide groups is 1. The fourth-order valence-corrected chi connectivity index (χ4v) is 7.80. The second-order valence-corrected chi connectivity index (χ2v) is 11.6. The van der Waals surface area contributed by atoms with E-state index in [0.29, 0.717) is 32.1 Å². The molecule has 2 aromatic heterocycles. The molecule has 0 aliphatic carbocycles. The summed E-state index contributed by atoms with van der Waals surface area (Å²) in [6, 6.07) is 17.3. The molecule has 1 N–H and O–H groups in total. The third-order valence-electron chi connectivity index (χ3n) is 6.70. The van der Waals surface area contributed by atoms with Gasteiger partial charge < -0.3 is 9.73 Å². The minimum absolute atomic E-state index is 0.225. The van der Waals surface area contributed by atoms with Crippen molar-refractivity contribution in [3.63, 3.8) is 0 Å². The van der Waals surface area contributed by atoms with Crippen LogP contribution in [0.25, 0.3) is 0 Å². The number of carbonyl (C=O) groups is 3. The van der Waals surface area contributed by atoms with Crippen LogP contribution in [0.15, 0.2) is 81.2 Å². The largest absolute Gasteiger partial charge is 0.469 e. The molecule has 2 aliphatic rings. The maximum atomic E-state index is 13.7. The first-order valence-electron chi connectivity index (χ1n) is 11.8. The van der Waals surface area contributed by atoms with Gasteiger partial charge in [0.05, 0.1) is 33.7 Å². The Morgan fingerprint density at radius 1 is 1.03 bits per heavy atom. The number of hydrogen-bond acceptors (Lipinski definition) is 7. The number of benzene rings is 2. The Labute approximate surface area is 230 Å². The van der Waals surface area contributed by atoms with E-state index < -0.39 is 17.1 Å². The first-order valence-corrected chi connectivity index (χ1v) is 13.8. The number of carbonyl (C=O) groups excluding carboxylic acids is 3. The maximum absolute atomic E-state index is 13.7. The molecule has 0 radical (unpaired) electrons. The molecule has 0 spiro atoms. The van der Waals surface area contributed by atoms with Gasteiger partial charge >= 0.3 is 4.87 Å². The van der Waals surface area contributed by atoms with Crippen molar-refractivity contribution in [2.75, 3.05) is 10.2 Å². The zero-order chi connectivity index (χ0) is 26.6. The number of halogens is 1. The van der Waals surface area contributed by atoms with Gasteiger partial charge in [-0.15, -0.1) is 0 Å². The zero-order valence-electron chi connectivity index (χ0n) is 19.9. The van der Waals surface area contributed by atoms with Crippen LogP contribution in [0.5, 0.6) is 0 Å². The second kappa shape index (κ2) is 9.61. The SMILES string of the molecule is Cc1ccccc1NC(=O)Cn1c2c(sc1=O)C(c1ccco1)C1C(=O)N(c3ccc(Cl)cc3)C(=O)C1S2. The Morgan fingerprint density at radius 2 is 1.79 bits per heavy atom. The third-order valence-corrected chi connectivity index (χ3v) is 9.56. The Morgan fingerprint density at radius 3 is 2.50 bits per heavy atom. The van der Waals surface area contributed by atoms with Crippen LogP contribution in [0.4, 0.5) is 11.4 Å². The summed E-state index contributed by atoms with van der Waals surface area (Å²) < 4.78 is 7.09. The van der Waals surface area contributed by atoms with Gasteiger partial charge in [0.25, 0.3) is 0 Å². The van der Waals surface area contributed by atoms with Crippen molar-refractivity contribution in [2.24, 2.45) is 5.92 Å². The lowest BCUT2D eigenvalue weighted by Gasteiger charge is -2.29. The van der Waals surface area contributed by atoms with Crippen molar-refractivity contribution >= 4 is 63.8 Å². The number of thiazole rings is 1. The van der Waals surface area contributed by atoms with E-state index >= 15 is 0 Å². The summed E-state index contributed by atoms with van der Waals surface area (Å²) in [5.74, 6) is -2.04. The number of fused-ring (bicyclic) bond motifs is 2. The van der Waals surface area contributed by atoms with Crippen LogP contribution in [0.2, 0.25) is 5.02 Å². The molecule has 2 aliphatic heterocycles. The lowest BCUT2D eigenvalue weighted by atomic mass is 9.87. The molecule has 3 amide bonds. The predicted octanol–water partition coefficient (Wildman–Crippen LogP) is 4.90. The molecule has 8 nitrogen and oxygen atoms in total. The number of aryl methyl sites for hydroxylation is 1. The van der Waals surface area contributed by atoms with E-state index in [9.17, 15) is 19.2 Å². The lowest BCUT2D eigenvalue weighted by molar-refractivity contribution is -0.122. The highest BCUT2D eigenvalue weighted by Gasteiger charge is 2.57. The van der Waals surface area contributed by atoms with Gasteiger partial charge in [-0.05, 0) is 55.0 Å². The Balaban J connectivity index is 1.39.